The zero-order valence-corrected chi connectivity index (χ0v) is 13.0. The highest BCUT2D eigenvalue weighted by atomic mass is 15.3. The summed E-state index contributed by atoms with van der Waals surface area (Å²) in [6, 6.07) is 14.9. The first-order valence-corrected chi connectivity index (χ1v) is 8.13. The Balaban J connectivity index is 1.51. The molecule has 0 amide bonds. The van der Waals surface area contributed by atoms with E-state index < -0.39 is 0 Å². The molecule has 0 saturated carbocycles. The largest absolute Gasteiger partial charge is 0.292 e. The van der Waals surface area contributed by atoms with Crippen molar-refractivity contribution in [1.29, 1.82) is 0 Å². The lowest BCUT2D eigenvalue weighted by Gasteiger charge is -2.23. The Labute approximate surface area is 136 Å². The molecule has 2 aromatic heterocycles. The molecule has 4 nitrogen and oxygen atoms in total. The van der Waals surface area contributed by atoms with Gasteiger partial charge < -0.3 is 0 Å². The van der Waals surface area contributed by atoms with Gasteiger partial charge in [0, 0.05) is 36.7 Å². The molecule has 4 heteroatoms. The molecule has 1 aliphatic heterocycles. The fourth-order valence-electron chi connectivity index (χ4n) is 3.36. The zero-order valence-electron chi connectivity index (χ0n) is 13.0. The van der Waals surface area contributed by atoms with Crippen LogP contribution in [0.2, 0.25) is 0 Å². The predicted octanol–water partition coefficient (Wildman–Crippen LogP) is 3.60. The quantitative estimate of drug-likeness (QED) is 0.738. The van der Waals surface area contributed by atoms with Crippen LogP contribution in [0.25, 0.3) is 5.69 Å². The predicted molar refractivity (Wildman–Crippen MR) is 90.2 cm³/mol. The molecule has 1 unspecified atom stereocenters. The van der Waals surface area contributed by atoms with E-state index in [1.165, 1.54) is 24.0 Å². The van der Waals surface area contributed by atoms with Crippen molar-refractivity contribution in [3.63, 3.8) is 0 Å². The Morgan fingerprint density at radius 3 is 2.78 bits per heavy atom. The Bertz CT molecular complexity index is 751. The molecule has 23 heavy (non-hydrogen) atoms. The fourth-order valence-corrected chi connectivity index (χ4v) is 3.36. The van der Waals surface area contributed by atoms with Gasteiger partial charge in [-0.15, -0.1) is 0 Å². The van der Waals surface area contributed by atoms with E-state index in [1.54, 1.807) is 0 Å². The summed E-state index contributed by atoms with van der Waals surface area (Å²) in [6.07, 6.45) is 10.4. The second-order valence-corrected chi connectivity index (χ2v) is 6.04. The molecule has 0 spiro atoms. The number of rotatable bonds is 4. The monoisotopic (exact) mass is 304 g/mol. The van der Waals surface area contributed by atoms with Crippen molar-refractivity contribution in [2.75, 3.05) is 6.54 Å². The van der Waals surface area contributed by atoms with E-state index in [9.17, 15) is 0 Å². The van der Waals surface area contributed by atoms with Crippen LogP contribution in [-0.4, -0.2) is 26.2 Å². The zero-order chi connectivity index (χ0) is 15.5. The number of para-hydroxylation sites is 1. The molecular formula is C19H20N4. The van der Waals surface area contributed by atoms with Crippen molar-refractivity contribution in [1.82, 2.24) is 19.7 Å². The molecule has 3 aromatic rings. The molecular weight excluding hydrogens is 284 g/mol. The van der Waals surface area contributed by atoms with Crippen LogP contribution in [0.15, 0.2) is 67.3 Å². The lowest BCUT2D eigenvalue weighted by Crippen LogP contribution is -2.22. The summed E-state index contributed by atoms with van der Waals surface area (Å²) in [5, 5.41) is 4.50. The highest BCUT2D eigenvalue weighted by Crippen LogP contribution is 2.32. The summed E-state index contributed by atoms with van der Waals surface area (Å²) in [5.74, 6) is 0. The van der Waals surface area contributed by atoms with Gasteiger partial charge in [0.05, 0.1) is 11.9 Å². The molecule has 1 saturated heterocycles. The van der Waals surface area contributed by atoms with E-state index in [0.717, 1.165) is 18.8 Å². The summed E-state index contributed by atoms with van der Waals surface area (Å²) >= 11 is 0. The highest BCUT2D eigenvalue weighted by Gasteiger charge is 2.26. The summed E-state index contributed by atoms with van der Waals surface area (Å²) < 4.78 is 1.95. The number of aromatic nitrogens is 3. The molecule has 0 N–H and O–H groups in total. The minimum Gasteiger partial charge on any atom is -0.292 e. The van der Waals surface area contributed by atoms with Crippen molar-refractivity contribution in [3.8, 4) is 5.69 Å². The molecule has 0 radical (unpaired) electrons. The first-order chi connectivity index (χ1) is 11.4. The van der Waals surface area contributed by atoms with Gasteiger partial charge in [0.15, 0.2) is 0 Å². The molecule has 1 atom stereocenters. The van der Waals surface area contributed by atoms with Gasteiger partial charge in [0.2, 0.25) is 0 Å². The molecule has 1 aromatic carbocycles. The summed E-state index contributed by atoms with van der Waals surface area (Å²) in [5.41, 5.74) is 3.68. The molecule has 0 aliphatic carbocycles. The Hall–Kier alpha value is -2.46. The number of likely N-dealkylation sites (tertiary alicyclic amines) is 1. The first-order valence-electron chi connectivity index (χ1n) is 8.13. The summed E-state index contributed by atoms with van der Waals surface area (Å²) in [4.78, 5) is 6.80. The second-order valence-electron chi connectivity index (χ2n) is 6.04. The van der Waals surface area contributed by atoms with Gasteiger partial charge in [-0.1, -0.05) is 24.3 Å². The van der Waals surface area contributed by atoms with E-state index in [2.05, 4.69) is 39.4 Å². The van der Waals surface area contributed by atoms with E-state index >= 15 is 0 Å². The van der Waals surface area contributed by atoms with Crippen LogP contribution < -0.4 is 0 Å². The maximum atomic E-state index is 4.50. The van der Waals surface area contributed by atoms with Crippen molar-refractivity contribution >= 4 is 0 Å². The number of hydrogen-bond donors (Lipinski definition) is 0. The van der Waals surface area contributed by atoms with Gasteiger partial charge >= 0.3 is 0 Å². The van der Waals surface area contributed by atoms with Crippen LogP contribution in [0.5, 0.6) is 0 Å². The SMILES string of the molecule is c1ccc(-n2cc(CN3CCCC3c3cccnc3)cn2)cc1. The molecule has 4 rings (SSSR count). The third-order valence-corrected chi connectivity index (χ3v) is 4.48. The Morgan fingerprint density at radius 2 is 1.96 bits per heavy atom. The van der Waals surface area contributed by atoms with Crippen LogP contribution in [-0.2, 0) is 6.54 Å². The van der Waals surface area contributed by atoms with Crippen molar-refractivity contribution in [3.05, 3.63) is 78.4 Å². The number of hydrogen-bond acceptors (Lipinski definition) is 3. The third-order valence-electron chi connectivity index (χ3n) is 4.48. The number of nitrogens with zero attached hydrogens (tertiary/aromatic N) is 4. The standard InChI is InChI=1S/C19H20N4/c1-2-7-18(8-3-1)23-15-16(12-21-23)14-22-11-5-9-19(22)17-6-4-10-20-13-17/h1-4,6-8,10,12-13,15,19H,5,9,11,14H2. The van der Waals surface area contributed by atoms with E-state index in [4.69, 9.17) is 0 Å². The number of benzene rings is 1. The minimum absolute atomic E-state index is 0.476. The van der Waals surface area contributed by atoms with E-state index in [1.807, 2.05) is 47.5 Å². The van der Waals surface area contributed by atoms with E-state index in [-0.39, 0.29) is 0 Å². The van der Waals surface area contributed by atoms with Gasteiger partial charge in [0.1, 0.15) is 0 Å². The normalized spacial score (nSPS) is 18.3. The molecule has 116 valence electrons. The molecule has 3 heterocycles. The van der Waals surface area contributed by atoms with Gasteiger partial charge in [-0.2, -0.15) is 5.10 Å². The maximum absolute atomic E-state index is 4.50. The average molecular weight is 304 g/mol. The summed E-state index contributed by atoms with van der Waals surface area (Å²) in [6.45, 7) is 2.07. The topological polar surface area (TPSA) is 34.0 Å². The van der Waals surface area contributed by atoms with Crippen LogP contribution in [0.1, 0.15) is 30.0 Å². The van der Waals surface area contributed by atoms with Crippen molar-refractivity contribution < 1.29 is 0 Å². The second kappa shape index (κ2) is 6.34. The van der Waals surface area contributed by atoms with Gasteiger partial charge in [0.25, 0.3) is 0 Å². The van der Waals surface area contributed by atoms with E-state index in [0.29, 0.717) is 6.04 Å². The summed E-state index contributed by atoms with van der Waals surface area (Å²) in [7, 11) is 0. The fraction of sp³-hybridized carbons (Fsp3) is 0.263. The Morgan fingerprint density at radius 1 is 1.04 bits per heavy atom. The lowest BCUT2D eigenvalue weighted by molar-refractivity contribution is 0.248. The smallest absolute Gasteiger partial charge is 0.0645 e. The van der Waals surface area contributed by atoms with Crippen LogP contribution in [0.4, 0.5) is 0 Å². The molecule has 1 fully saturated rings. The maximum Gasteiger partial charge on any atom is 0.0645 e. The Kier molecular flexibility index (Phi) is 3.90. The first kappa shape index (κ1) is 14.2. The lowest BCUT2D eigenvalue weighted by atomic mass is 10.1. The minimum atomic E-state index is 0.476. The van der Waals surface area contributed by atoms with Crippen LogP contribution >= 0.6 is 0 Å². The number of pyridine rings is 1. The highest BCUT2D eigenvalue weighted by molar-refractivity contribution is 5.31. The molecule has 1 aliphatic rings. The van der Waals surface area contributed by atoms with Crippen LogP contribution in [0.3, 0.4) is 0 Å². The molecule has 0 bridgehead atoms. The van der Waals surface area contributed by atoms with Crippen molar-refractivity contribution in [2.24, 2.45) is 0 Å². The average Bonchev–Trinajstić information content (AvgIpc) is 3.26. The van der Waals surface area contributed by atoms with Gasteiger partial charge in [-0.25, -0.2) is 4.68 Å². The van der Waals surface area contributed by atoms with Gasteiger partial charge in [-0.05, 0) is 43.1 Å². The van der Waals surface area contributed by atoms with Crippen molar-refractivity contribution in [2.45, 2.75) is 25.4 Å². The van der Waals surface area contributed by atoms with Crippen LogP contribution in [0, 0.1) is 0 Å². The van der Waals surface area contributed by atoms with Gasteiger partial charge in [-0.3, -0.25) is 9.88 Å². The third kappa shape index (κ3) is 3.03.